The van der Waals surface area contributed by atoms with Crippen molar-refractivity contribution in [1.29, 1.82) is 0 Å². The van der Waals surface area contributed by atoms with Crippen LogP contribution in [0.2, 0.25) is 0 Å². The first-order valence-corrected chi connectivity index (χ1v) is 7.96. The van der Waals surface area contributed by atoms with Gasteiger partial charge in [-0.25, -0.2) is 17.2 Å². The average Bonchev–Trinajstić information content (AvgIpc) is 2.89. The van der Waals surface area contributed by atoms with Gasteiger partial charge in [0, 0.05) is 22.7 Å². The summed E-state index contributed by atoms with van der Waals surface area (Å²) in [5.41, 5.74) is 1.02. The molecule has 3 aromatic rings. The standard InChI is InChI=1S/C14H11F2N3O2S/c15-11-2-1-9(13(16)6-11)8-22(20,21)19-12-3-4-14-10(5-12)7-17-18-14/h1-7,19H,8H2,(H,17,18). The zero-order valence-corrected chi connectivity index (χ0v) is 12.0. The van der Waals surface area contributed by atoms with Gasteiger partial charge in [0.2, 0.25) is 10.0 Å². The van der Waals surface area contributed by atoms with Gasteiger partial charge in [-0.1, -0.05) is 6.07 Å². The van der Waals surface area contributed by atoms with Crippen LogP contribution in [0.4, 0.5) is 14.5 Å². The summed E-state index contributed by atoms with van der Waals surface area (Å²) in [7, 11) is -3.82. The Morgan fingerprint density at radius 3 is 2.73 bits per heavy atom. The second-order valence-corrected chi connectivity index (χ2v) is 6.49. The van der Waals surface area contributed by atoms with E-state index in [9.17, 15) is 17.2 Å². The number of nitrogens with one attached hydrogen (secondary N) is 2. The molecule has 5 nitrogen and oxygen atoms in total. The highest BCUT2D eigenvalue weighted by molar-refractivity contribution is 7.91. The Morgan fingerprint density at radius 2 is 1.95 bits per heavy atom. The van der Waals surface area contributed by atoms with Crippen molar-refractivity contribution in [2.45, 2.75) is 5.75 Å². The van der Waals surface area contributed by atoms with Gasteiger partial charge >= 0.3 is 0 Å². The number of benzene rings is 2. The highest BCUT2D eigenvalue weighted by Gasteiger charge is 2.15. The third kappa shape index (κ3) is 3.06. The highest BCUT2D eigenvalue weighted by Crippen LogP contribution is 2.19. The van der Waals surface area contributed by atoms with Gasteiger partial charge in [-0.3, -0.25) is 9.82 Å². The van der Waals surface area contributed by atoms with Crippen LogP contribution in [-0.4, -0.2) is 18.6 Å². The molecule has 0 saturated heterocycles. The zero-order chi connectivity index (χ0) is 15.7. The second kappa shape index (κ2) is 5.38. The van der Waals surface area contributed by atoms with Gasteiger partial charge in [0.15, 0.2) is 0 Å². The van der Waals surface area contributed by atoms with Crippen molar-refractivity contribution >= 4 is 26.6 Å². The molecule has 22 heavy (non-hydrogen) atoms. The molecule has 3 rings (SSSR count). The van der Waals surface area contributed by atoms with E-state index < -0.39 is 27.4 Å². The number of hydrogen-bond donors (Lipinski definition) is 2. The fourth-order valence-electron chi connectivity index (χ4n) is 2.07. The lowest BCUT2D eigenvalue weighted by Crippen LogP contribution is -2.15. The summed E-state index contributed by atoms with van der Waals surface area (Å²) in [6, 6.07) is 7.65. The van der Waals surface area contributed by atoms with E-state index in [1.807, 2.05) is 0 Å². The first kappa shape index (κ1) is 14.5. The number of fused-ring (bicyclic) bond motifs is 1. The van der Waals surface area contributed by atoms with Crippen LogP contribution in [0.3, 0.4) is 0 Å². The minimum absolute atomic E-state index is 0.0988. The summed E-state index contributed by atoms with van der Waals surface area (Å²) in [5, 5.41) is 7.33. The quantitative estimate of drug-likeness (QED) is 0.775. The van der Waals surface area contributed by atoms with Gasteiger partial charge in [-0.05, 0) is 24.3 Å². The molecule has 1 aromatic heterocycles. The number of sulfonamides is 1. The fourth-order valence-corrected chi connectivity index (χ4v) is 3.27. The summed E-state index contributed by atoms with van der Waals surface area (Å²) in [4.78, 5) is 0. The van der Waals surface area contributed by atoms with Gasteiger partial charge in [0.1, 0.15) is 11.6 Å². The zero-order valence-electron chi connectivity index (χ0n) is 11.2. The van der Waals surface area contributed by atoms with Crippen molar-refractivity contribution in [1.82, 2.24) is 10.2 Å². The molecule has 2 aromatic carbocycles. The van der Waals surface area contributed by atoms with Crippen LogP contribution in [0, 0.1) is 11.6 Å². The molecular weight excluding hydrogens is 312 g/mol. The number of anilines is 1. The lowest BCUT2D eigenvalue weighted by Gasteiger charge is -2.09. The summed E-state index contributed by atoms with van der Waals surface area (Å²) in [6.07, 6.45) is 1.56. The third-order valence-corrected chi connectivity index (χ3v) is 4.31. The number of aromatic nitrogens is 2. The Hall–Kier alpha value is -2.48. The molecule has 0 fully saturated rings. The highest BCUT2D eigenvalue weighted by atomic mass is 32.2. The molecule has 0 spiro atoms. The van der Waals surface area contributed by atoms with Crippen molar-refractivity contribution in [2.24, 2.45) is 0 Å². The Bertz CT molecular complexity index is 938. The van der Waals surface area contributed by atoms with E-state index in [-0.39, 0.29) is 5.56 Å². The predicted molar refractivity (Wildman–Crippen MR) is 78.7 cm³/mol. The fraction of sp³-hybridized carbons (Fsp3) is 0.0714. The topological polar surface area (TPSA) is 74.8 Å². The van der Waals surface area contributed by atoms with Crippen molar-refractivity contribution in [3.05, 3.63) is 59.8 Å². The lowest BCUT2D eigenvalue weighted by molar-refractivity contribution is 0.570. The summed E-state index contributed by atoms with van der Waals surface area (Å²) in [6.45, 7) is 0. The largest absolute Gasteiger partial charge is 0.283 e. The molecule has 0 amide bonds. The molecule has 0 aliphatic rings. The van der Waals surface area contributed by atoms with E-state index in [0.29, 0.717) is 11.8 Å². The molecule has 1 heterocycles. The first-order valence-electron chi connectivity index (χ1n) is 6.30. The molecule has 0 bridgehead atoms. The van der Waals surface area contributed by atoms with Crippen LogP contribution in [0.15, 0.2) is 42.6 Å². The second-order valence-electron chi connectivity index (χ2n) is 4.77. The van der Waals surface area contributed by atoms with Crippen LogP contribution >= 0.6 is 0 Å². The number of aromatic amines is 1. The van der Waals surface area contributed by atoms with E-state index >= 15 is 0 Å². The molecule has 0 atom stereocenters. The van der Waals surface area contributed by atoms with Gasteiger partial charge < -0.3 is 0 Å². The number of H-pyrrole nitrogens is 1. The first-order chi connectivity index (χ1) is 10.4. The predicted octanol–water partition coefficient (Wildman–Crippen LogP) is 2.78. The van der Waals surface area contributed by atoms with E-state index in [0.717, 1.165) is 23.0 Å². The van der Waals surface area contributed by atoms with Gasteiger partial charge in [-0.2, -0.15) is 5.10 Å². The van der Waals surface area contributed by atoms with E-state index in [2.05, 4.69) is 14.9 Å². The van der Waals surface area contributed by atoms with Crippen molar-refractivity contribution in [3.8, 4) is 0 Å². The summed E-state index contributed by atoms with van der Waals surface area (Å²) in [5.74, 6) is -2.23. The van der Waals surface area contributed by atoms with E-state index in [1.54, 1.807) is 24.4 Å². The molecule has 0 radical (unpaired) electrons. The minimum Gasteiger partial charge on any atom is -0.283 e. The third-order valence-electron chi connectivity index (χ3n) is 3.07. The molecule has 0 aliphatic carbocycles. The molecule has 0 unspecified atom stereocenters. The van der Waals surface area contributed by atoms with E-state index in [4.69, 9.17) is 0 Å². The number of nitrogens with zero attached hydrogens (tertiary/aromatic N) is 1. The van der Waals surface area contributed by atoms with Crippen LogP contribution < -0.4 is 4.72 Å². The Balaban J connectivity index is 1.83. The van der Waals surface area contributed by atoms with Crippen molar-refractivity contribution in [3.63, 3.8) is 0 Å². The number of hydrogen-bond acceptors (Lipinski definition) is 3. The Labute approximate surface area is 125 Å². The molecular formula is C14H11F2N3O2S. The maximum atomic E-state index is 13.5. The molecule has 0 saturated carbocycles. The summed E-state index contributed by atoms with van der Waals surface area (Å²) < 4.78 is 52.9. The number of halogens is 2. The Kier molecular flexibility index (Phi) is 3.53. The summed E-state index contributed by atoms with van der Waals surface area (Å²) >= 11 is 0. The maximum Gasteiger partial charge on any atom is 0.237 e. The molecule has 114 valence electrons. The van der Waals surface area contributed by atoms with Gasteiger partial charge in [-0.15, -0.1) is 0 Å². The molecule has 2 N–H and O–H groups in total. The molecule has 0 aliphatic heterocycles. The van der Waals surface area contributed by atoms with Crippen LogP contribution in [0.25, 0.3) is 10.9 Å². The average molecular weight is 323 g/mol. The SMILES string of the molecule is O=S(=O)(Cc1ccc(F)cc1F)Nc1ccc2[nH]ncc2c1. The monoisotopic (exact) mass is 323 g/mol. The van der Waals surface area contributed by atoms with E-state index in [1.165, 1.54) is 0 Å². The van der Waals surface area contributed by atoms with Crippen molar-refractivity contribution in [2.75, 3.05) is 4.72 Å². The smallest absolute Gasteiger partial charge is 0.237 e. The number of rotatable bonds is 4. The van der Waals surface area contributed by atoms with Gasteiger partial charge in [0.05, 0.1) is 17.5 Å². The van der Waals surface area contributed by atoms with Gasteiger partial charge in [0.25, 0.3) is 0 Å². The Morgan fingerprint density at radius 1 is 1.14 bits per heavy atom. The maximum absolute atomic E-state index is 13.5. The van der Waals surface area contributed by atoms with Crippen LogP contribution in [0.5, 0.6) is 0 Å². The minimum atomic E-state index is -3.82. The van der Waals surface area contributed by atoms with Crippen LogP contribution in [0.1, 0.15) is 5.56 Å². The lowest BCUT2D eigenvalue weighted by atomic mass is 10.2. The normalized spacial score (nSPS) is 11.7. The van der Waals surface area contributed by atoms with Crippen LogP contribution in [-0.2, 0) is 15.8 Å². The molecule has 8 heteroatoms. The van der Waals surface area contributed by atoms with Crippen molar-refractivity contribution < 1.29 is 17.2 Å².